The Hall–Kier alpha value is -4.61. The van der Waals surface area contributed by atoms with Crippen LogP contribution in [0.4, 0.5) is 0 Å². The molecule has 0 saturated carbocycles. The smallest absolute Gasteiger partial charge is 0.328 e. The second kappa shape index (κ2) is 17.9. The maximum absolute atomic E-state index is 13.3. The largest absolute Gasteiger partial charge is 0.494 e. The minimum Gasteiger partial charge on any atom is -0.494 e. The van der Waals surface area contributed by atoms with Gasteiger partial charge in [-0.3, -0.25) is 9.59 Å². The van der Waals surface area contributed by atoms with Gasteiger partial charge < -0.3 is 25.6 Å². The number of unbranched alkanes of at least 4 members (excludes halogenated alkanes) is 4. The number of aliphatic carboxylic acids is 1. The average molecular weight is 701 g/mol. The lowest BCUT2D eigenvalue weighted by molar-refractivity contribution is -0.145. The van der Waals surface area contributed by atoms with Crippen LogP contribution in [0, 0.1) is 0 Å². The monoisotopic (exact) mass is 700 g/mol. The molecule has 2 aromatic carbocycles. The molecule has 3 atom stereocenters. The number of ether oxygens (including phenoxy) is 1. The summed E-state index contributed by atoms with van der Waals surface area (Å²) in [5.74, 6) is -1.17. The molecule has 4 aromatic rings. The molecule has 0 aliphatic carbocycles. The molecule has 3 unspecified atom stereocenters. The van der Waals surface area contributed by atoms with Crippen LogP contribution in [0.25, 0.3) is 22.5 Å². The number of aliphatic hydroxyl groups excluding tert-OH is 1. The number of carbonyl (C=O) groups is 3. The summed E-state index contributed by atoms with van der Waals surface area (Å²) in [5.41, 5.74) is 3.19. The topological polar surface area (TPSA) is 151 Å². The first-order chi connectivity index (χ1) is 23.8. The number of carboxylic acids is 1. The van der Waals surface area contributed by atoms with Crippen LogP contribution >= 0.6 is 11.3 Å². The van der Waals surface area contributed by atoms with E-state index in [-0.39, 0.29) is 11.8 Å². The van der Waals surface area contributed by atoms with Gasteiger partial charge in [0.05, 0.1) is 17.6 Å². The number of benzene rings is 2. The van der Waals surface area contributed by atoms with Gasteiger partial charge >= 0.3 is 5.97 Å². The van der Waals surface area contributed by atoms with E-state index in [0.29, 0.717) is 17.3 Å². The Kier molecular flexibility index (Phi) is 13.6. The summed E-state index contributed by atoms with van der Waals surface area (Å²) in [4.78, 5) is 48.8. The Morgan fingerprint density at radius 2 is 1.48 bits per heavy atom. The average Bonchev–Trinajstić information content (AvgIpc) is 3.61. The van der Waals surface area contributed by atoms with Crippen LogP contribution in [0.1, 0.15) is 86.8 Å². The van der Waals surface area contributed by atoms with E-state index in [1.165, 1.54) is 43.9 Å². The highest BCUT2D eigenvalue weighted by Crippen LogP contribution is 2.29. The molecule has 0 aliphatic rings. The predicted molar refractivity (Wildman–Crippen MR) is 196 cm³/mol. The molecule has 11 heteroatoms. The highest BCUT2D eigenvalue weighted by Gasteiger charge is 2.30. The molecule has 0 fully saturated rings. The quantitative estimate of drug-likeness (QED) is 0.0878. The van der Waals surface area contributed by atoms with Crippen LogP contribution in [-0.2, 0) is 21.4 Å². The van der Waals surface area contributed by atoms with Gasteiger partial charge in [0, 0.05) is 34.8 Å². The predicted octanol–water partition coefficient (Wildman–Crippen LogP) is 6.81. The number of carbonyl (C=O) groups excluding carboxylic acids is 2. The van der Waals surface area contributed by atoms with Gasteiger partial charge in [0.1, 0.15) is 11.8 Å². The van der Waals surface area contributed by atoms with E-state index < -0.39 is 36.0 Å². The molecule has 0 bridgehead atoms. The zero-order valence-corrected chi connectivity index (χ0v) is 30.3. The molecule has 50 heavy (non-hydrogen) atoms. The standard InChI is InChI=1S/C39H48N4O6S/c1-6-7-8-9-10-21-49-30-17-15-27(16-18-30)29-23-40-35(41-24-29)28-13-11-26(12-14-28)22-31(36(45)43-34(25(2)44)38(47)48)42-37(46)32-19-20-33(50-32)39(3,4)5/h11-20,23-25,31,34,44H,6-10,21-22H2,1-5H3,(H,42,46)(H,43,45)(H,47,48). The first-order valence-corrected chi connectivity index (χ1v) is 17.9. The van der Waals surface area contributed by atoms with Crippen LogP contribution in [-0.4, -0.2) is 62.8 Å². The van der Waals surface area contributed by atoms with Gasteiger partial charge in [-0.25, -0.2) is 14.8 Å². The third-order valence-corrected chi connectivity index (χ3v) is 9.75. The molecule has 0 aliphatic heterocycles. The highest BCUT2D eigenvalue weighted by atomic mass is 32.1. The van der Waals surface area contributed by atoms with Gasteiger partial charge in [-0.2, -0.15) is 0 Å². The fraction of sp³-hybridized carbons (Fsp3) is 0.410. The number of amides is 2. The molecule has 0 saturated heterocycles. The van der Waals surface area contributed by atoms with Gasteiger partial charge in [-0.1, -0.05) is 89.8 Å². The van der Waals surface area contributed by atoms with E-state index >= 15 is 0 Å². The number of nitrogens with zero attached hydrogens (tertiary/aromatic N) is 2. The lowest BCUT2D eigenvalue weighted by atomic mass is 9.95. The van der Waals surface area contributed by atoms with Crippen LogP contribution < -0.4 is 15.4 Å². The number of hydrogen-bond acceptors (Lipinski definition) is 8. The van der Waals surface area contributed by atoms with Crippen molar-refractivity contribution in [2.75, 3.05) is 6.61 Å². The molecule has 4 N–H and O–H groups in total. The lowest BCUT2D eigenvalue weighted by Gasteiger charge is -2.23. The Balaban J connectivity index is 1.42. The van der Waals surface area contributed by atoms with Crippen molar-refractivity contribution in [3.05, 3.63) is 88.4 Å². The van der Waals surface area contributed by atoms with Gasteiger partial charge in [0.25, 0.3) is 5.91 Å². The van der Waals surface area contributed by atoms with Gasteiger partial charge in [-0.15, -0.1) is 11.3 Å². The first-order valence-electron chi connectivity index (χ1n) is 17.1. The van der Waals surface area contributed by atoms with E-state index in [9.17, 15) is 24.6 Å². The molecule has 0 radical (unpaired) electrons. The normalized spacial score (nSPS) is 13.2. The minimum absolute atomic E-state index is 0.0832. The number of thiophene rings is 1. The van der Waals surface area contributed by atoms with Crippen LogP contribution in [0.5, 0.6) is 5.75 Å². The number of nitrogens with one attached hydrogen (secondary N) is 2. The van der Waals surface area contributed by atoms with Crippen molar-refractivity contribution in [2.45, 2.75) is 96.7 Å². The van der Waals surface area contributed by atoms with E-state index in [1.807, 2.05) is 75.4 Å². The molecule has 10 nitrogen and oxygen atoms in total. The van der Waals surface area contributed by atoms with Crippen molar-refractivity contribution in [3.63, 3.8) is 0 Å². The van der Waals surface area contributed by atoms with Crippen molar-refractivity contribution >= 4 is 29.1 Å². The van der Waals surface area contributed by atoms with Crippen LogP contribution in [0.2, 0.25) is 0 Å². The minimum atomic E-state index is -1.53. The number of aliphatic hydroxyl groups is 1. The molecule has 4 rings (SSSR count). The zero-order valence-electron chi connectivity index (χ0n) is 29.4. The second-order valence-electron chi connectivity index (χ2n) is 13.5. The Bertz CT molecular complexity index is 1700. The Morgan fingerprint density at radius 3 is 2.06 bits per heavy atom. The van der Waals surface area contributed by atoms with Crippen molar-refractivity contribution in [2.24, 2.45) is 0 Å². The van der Waals surface area contributed by atoms with Crippen LogP contribution in [0.3, 0.4) is 0 Å². The molecular formula is C39H48N4O6S. The Morgan fingerprint density at radius 1 is 0.840 bits per heavy atom. The van der Waals surface area contributed by atoms with Gasteiger partial charge in [-0.05, 0) is 54.2 Å². The summed E-state index contributed by atoms with van der Waals surface area (Å²) in [6.07, 6.45) is 8.26. The van der Waals surface area contributed by atoms with Crippen molar-refractivity contribution in [3.8, 4) is 28.3 Å². The SMILES string of the molecule is CCCCCCCOc1ccc(-c2cnc(-c3ccc(CC(NC(=O)c4ccc(C(C)(C)C)s4)C(=O)NC(C(=O)O)C(C)O)cc3)nc2)cc1. The summed E-state index contributed by atoms with van der Waals surface area (Å²) >= 11 is 1.34. The third-order valence-electron chi connectivity index (χ3n) is 8.25. The summed E-state index contributed by atoms with van der Waals surface area (Å²) in [7, 11) is 0. The molecule has 266 valence electrons. The van der Waals surface area contributed by atoms with Crippen LogP contribution in [0.15, 0.2) is 73.1 Å². The number of rotatable bonds is 17. The first kappa shape index (κ1) is 38.2. The van der Waals surface area contributed by atoms with Gasteiger partial charge in [0.2, 0.25) is 5.91 Å². The summed E-state index contributed by atoms with van der Waals surface area (Å²) in [6.45, 7) is 10.3. The van der Waals surface area contributed by atoms with E-state index in [2.05, 4.69) is 27.5 Å². The molecule has 0 spiro atoms. The molecule has 2 heterocycles. The maximum Gasteiger partial charge on any atom is 0.328 e. The summed E-state index contributed by atoms with van der Waals surface area (Å²) < 4.78 is 5.88. The molecular weight excluding hydrogens is 653 g/mol. The van der Waals surface area contributed by atoms with Crippen molar-refractivity contribution in [1.29, 1.82) is 0 Å². The van der Waals surface area contributed by atoms with E-state index in [0.717, 1.165) is 39.3 Å². The third kappa shape index (κ3) is 10.9. The summed E-state index contributed by atoms with van der Waals surface area (Å²) in [6, 6.07) is 16.2. The number of aromatic nitrogens is 2. The summed E-state index contributed by atoms with van der Waals surface area (Å²) in [5, 5.41) is 24.6. The zero-order chi connectivity index (χ0) is 36.3. The fourth-order valence-electron chi connectivity index (χ4n) is 5.24. The van der Waals surface area contributed by atoms with Gasteiger partial charge in [0.15, 0.2) is 11.9 Å². The second-order valence-corrected chi connectivity index (χ2v) is 14.6. The fourth-order valence-corrected chi connectivity index (χ4v) is 6.20. The molecule has 2 aromatic heterocycles. The lowest BCUT2D eigenvalue weighted by Crippen LogP contribution is -2.55. The highest BCUT2D eigenvalue weighted by molar-refractivity contribution is 7.14. The number of carboxylic acid groups (broad SMARTS) is 1. The van der Waals surface area contributed by atoms with E-state index in [1.54, 1.807) is 18.5 Å². The van der Waals surface area contributed by atoms with Crippen molar-refractivity contribution < 1.29 is 29.3 Å². The van der Waals surface area contributed by atoms with E-state index in [4.69, 9.17) is 4.74 Å². The number of hydrogen-bond donors (Lipinski definition) is 4. The van der Waals surface area contributed by atoms with Crippen molar-refractivity contribution in [1.82, 2.24) is 20.6 Å². The maximum atomic E-state index is 13.3. The molecule has 2 amide bonds. The Labute approximate surface area is 298 Å².